The lowest BCUT2D eigenvalue weighted by Crippen LogP contribution is -2.42. The van der Waals surface area contributed by atoms with Gasteiger partial charge in [0.05, 0.1) is 0 Å². The molecule has 1 fully saturated rings. The first-order valence-corrected chi connectivity index (χ1v) is 7.47. The minimum Gasteiger partial charge on any atom is -0.310 e. The molecule has 2 rings (SSSR count). The Morgan fingerprint density at radius 3 is 2.76 bits per heavy atom. The summed E-state index contributed by atoms with van der Waals surface area (Å²) in [6, 6.07) is 2.71. The van der Waals surface area contributed by atoms with E-state index < -0.39 is 0 Å². The highest BCUT2D eigenvalue weighted by molar-refractivity contribution is 7.07. The molecule has 1 atom stereocenters. The molecule has 1 aromatic heterocycles. The van der Waals surface area contributed by atoms with Gasteiger partial charge in [-0.1, -0.05) is 6.92 Å². The quantitative estimate of drug-likeness (QED) is 0.885. The van der Waals surface area contributed by atoms with Crippen molar-refractivity contribution in [2.24, 2.45) is 5.41 Å². The van der Waals surface area contributed by atoms with Crippen molar-refractivity contribution >= 4 is 11.3 Å². The zero-order chi connectivity index (χ0) is 12.3. The number of piperidine rings is 1. The van der Waals surface area contributed by atoms with E-state index in [1.807, 2.05) is 0 Å². The fourth-order valence-corrected chi connectivity index (χ4v) is 3.13. The molecule has 1 unspecified atom stereocenters. The molecule has 1 N–H and O–H groups in total. The molecule has 2 heterocycles. The van der Waals surface area contributed by atoms with Gasteiger partial charge < -0.3 is 10.2 Å². The summed E-state index contributed by atoms with van der Waals surface area (Å²) >= 11 is 1.78. The first kappa shape index (κ1) is 13.1. The van der Waals surface area contributed by atoms with Crippen LogP contribution < -0.4 is 5.32 Å². The number of hydrogen-bond donors (Lipinski definition) is 1. The lowest BCUT2D eigenvalue weighted by Gasteiger charge is -2.38. The standard InChI is InChI=1S/C14H24N2S/c1-12(13-4-9-17-10-13)15-11-14(2)5-7-16(3)8-6-14/h4,9-10,12,15H,5-8,11H2,1-3H3. The number of thiophene rings is 1. The van der Waals surface area contributed by atoms with E-state index in [0.717, 1.165) is 6.54 Å². The van der Waals surface area contributed by atoms with E-state index in [9.17, 15) is 0 Å². The minimum atomic E-state index is 0.483. The predicted molar refractivity (Wildman–Crippen MR) is 75.6 cm³/mol. The molecule has 17 heavy (non-hydrogen) atoms. The predicted octanol–water partition coefficient (Wildman–Crippen LogP) is 3.13. The summed E-state index contributed by atoms with van der Waals surface area (Å²) < 4.78 is 0. The van der Waals surface area contributed by atoms with Gasteiger partial charge in [0.1, 0.15) is 0 Å². The van der Waals surface area contributed by atoms with Crippen molar-refractivity contribution in [3.63, 3.8) is 0 Å². The summed E-state index contributed by atoms with van der Waals surface area (Å²) in [6.07, 6.45) is 2.62. The van der Waals surface area contributed by atoms with Gasteiger partial charge in [0.25, 0.3) is 0 Å². The summed E-state index contributed by atoms with van der Waals surface area (Å²) in [7, 11) is 2.22. The molecule has 1 saturated heterocycles. The molecule has 96 valence electrons. The van der Waals surface area contributed by atoms with E-state index in [4.69, 9.17) is 0 Å². The van der Waals surface area contributed by atoms with Crippen molar-refractivity contribution in [1.29, 1.82) is 0 Å². The lowest BCUT2D eigenvalue weighted by molar-refractivity contribution is 0.134. The van der Waals surface area contributed by atoms with Crippen LogP contribution in [0.5, 0.6) is 0 Å². The molecule has 0 bridgehead atoms. The van der Waals surface area contributed by atoms with Gasteiger partial charge in [0.15, 0.2) is 0 Å². The highest BCUT2D eigenvalue weighted by Crippen LogP contribution is 2.30. The van der Waals surface area contributed by atoms with Crippen LogP contribution in [-0.2, 0) is 0 Å². The number of rotatable bonds is 4. The zero-order valence-electron chi connectivity index (χ0n) is 11.2. The average molecular weight is 252 g/mol. The Labute approximate surface area is 109 Å². The maximum absolute atomic E-state index is 3.70. The average Bonchev–Trinajstić information content (AvgIpc) is 2.84. The van der Waals surface area contributed by atoms with Crippen LogP contribution in [0.25, 0.3) is 0 Å². The van der Waals surface area contributed by atoms with Gasteiger partial charge in [-0.05, 0) is 67.7 Å². The second-order valence-electron chi connectivity index (χ2n) is 5.77. The van der Waals surface area contributed by atoms with Crippen LogP contribution in [0.4, 0.5) is 0 Å². The molecule has 1 aliphatic heterocycles. The Bertz CT molecular complexity index is 326. The molecule has 3 heteroatoms. The molecule has 0 spiro atoms. The van der Waals surface area contributed by atoms with Gasteiger partial charge in [-0.25, -0.2) is 0 Å². The van der Waals surface area contributed by atoms with Crippen LogP contribution in [0.3, 0.4) is 0 Å². The minimum absolute atomic E-state index is 0.483. The van der Waals surface area contributed by atoms with Gasteiger partial charge in [-0.2, -0.15) is 11.3 Å². The summed E-state index contributed by atoms with van der Waals surface area (Å²) in [5.41, 5.74) is 1.91. The first-order valence-electron chi connectivity index (χ1n) is 6.53. The third-order valence-corrected chi connectivity index (χ3v) is 4.77. The molecular formula is C14H24N2S. The van der Waals surface area contributed by atoms with Crippen LogP contribution in [0, 0.1) is 5.41 Å². The molecule has 0 aliphatic carbocycles. The van der Waals surface area contributed by atoms with Crippen LogP contribution >= 0.6 is 11.3 Å². The monoisotopic (exact) mass is 252 g/mol. The number of hydrogen-bond acceptors (Lipinski definition) is 3. The normalized spacial score (nSPS) is 22.5. The summed E-state index contributed by atoms with van der Waals surface area (Å²) in [5.74, 6) is 0. The third-order valence-electron chi connectivity index (χ3n) is 4.07. The summed E-state index contributed by atoms with van der Waals surface area (Å²) in [4.78, 5) is 2.43. The van der Waals surface area contributed by atoms with Gasteiger partial charge in [0.2, 0.25) is 0 Å². The molecule has 0 saturated carbocycles. The van der Waals surface area contributed by atoms with E-state index in [0.29, 0.717) is 11.5 Å². The van der Waals surface area contributed by atoms with Crippen molar-refractivity contribution < 1.29 is 0 Å². The molecule has 0 radical (unpaired) electrons. The van der Waals surface area contributed by atoms with Gasteiger partial charge in [0, 0.05) is 12.6 Å². The fraction of sp³-hybridized carbons (Fsp3) is 0.714. The van der Waals surface area contributed by atoms with E-state index in [1.165, 1.54) is 31.5 Å². The summed E-state index contributed by atoms with van der Waals surface area (Å²) in [5, 5.41) is 8.10. The molecule has 2 nitrogen and oxygen atoms in total. The Balaban J connectivity index is 1.81. The van der Waals surface area contributed by atoms with E-state index >= 15 is 0 Å². The van der Waals surface area contributed by atoms with Gasteiger partial charge >= 0.3 is 0 Å². The third kappa shape index (κ3) is 3.54. The topological polar surface area (TPSA) is 15.3 Å². The molecular weight excluding hydrogens is 228 g/mol. The smallest absolute Gasteiger partial charge is 0.0300 e. The fourth-order valence-electron chi connectivity index (χ4n) is 2.37. The highest BCUT2D eigenvalue weighted by Gasteiger charge is 2.28. The first-order chi connectivity index (χ1) is 8.09. The van der Waals surface area contributed by atoms with Crippen molar-refractivity contribution in [2.45, 2.75) is 32.7 Å². The van der Waals surface area contributed by atoms with Crippen LogP contribution in [-0.4, -0.2) is 31.6 Å². The Hall–Kier alpha value is -0.380. The van der Waals surface area contributed by atoms with E-state index in [1.54, 1.807) is 11.3 Å². The van der Waals surface area contributed by atoms with Crippen LogP contribution in [0.15, 0.2) is 16.8 Å². The van der Waals surface area contributed by atoms with Crippen LogP contribution in [0.2, 0.25) is 0 Å². The highest BCUT2D eigenvalue weighted by atomic mass is 32.1. The van der Waals surface area contributed by atoms with Crippen molar-refractivity contribution in [1.82, 2.24) is 10.2 Å². The van der Waals surface area contributed by atoms with E-state index in [-0.39, 0.29) is 0 Å². The van der Waals surface area contributed by atoms with Crippen molar-refractivity contribution in [3.8, 4) is 0 Å². The largest absolute Gasteiger partial charge is 0.310 e. The number of nitrogens with zero attached hydrogens (tertiary/aromatic N) is 1. The molecule has 1 aromatic rings. The molecule has 0 aromatic carbocycles. The Kier molecular flexibility index (Phi) is 4.23. The lowest BCUT2D eigenvalue weighted by atomic mass is 9.80. The Morgan fingerprint density at radius 1 is 1.47 bits per heavy atom. The second-order valence-corrected chi connectivity index (χ2v) is 6.55. The van der Waals surface area contributed by atoms with Crippen LogP contribution in [0.1, 0.15) is 38.3 Å². The molecule has 1 aliphatic rings. The van der Waals surface area contributed by atoms with Crippen molar-refractivity contribution in [3.05, 3.63) is 22.4 Å². The molecule has 0 amide bonds. The van der Waals surface area contributed by atoms with E-state index in [2.05, 4.69) is 47.9 Å². The SMILES string of the molecule is CC(NCC1(C)CCN(C)CC1)c1ccsc1. The van der Waals surface area contributed by atoms with Crippen molar-refractivity contribution in [2.75, 3.05) is 26.7 Å². The summed E-state index contributed by atoms with van der Waals surface area (Å²) in [6.45, 7) is 8.31. The van der Waals surface area contributed by atoms with Gasteiger partial charge in [-0.15, -0.1) is 0 Å². The Morgan fingerprint density at radius 2 is 2.18 bits per heavy atom. The zero-order valence-corrected chi connectivity index (χ0v) is 12.0. The second kappa shape index (κ2) is 5.51. The van der Waals surface area contributed by atoms with Gasteiger partial charge in [-0.3, -0.25) is 0 Å². The number of nitrogens with one attached hydrogen (secondary N) is 1. The maximum Gasteiger partial charge on any atom is 0.0300 e. The number of likely N-dealkylation sites (tertiary alicyclic amines) is 1. The maximum atomic E-state index is 3.70.